The maximum absolute atomic E-state index is 12.4. The molecule has 2 N–H and O–H groups in total. The number of carboxylic acids is 1. The third-order valence-electron chi connectivity index (χ3n) is 3.57. The van der Waals surface area contributed by atoms with Gasteiger partial charge in [-0.25, -0.2) is 9.59 Å². The molecule has 0 radical (unpaired) electrons. The number of benzene rings is 2. The van der Waals surface area contributed by atoms with Crippen LogP contribution in [-0.4, -0.2) is 36.7 Å². The van der Waals surface area contributed by atoms with Gasteiger partial charge in [-0.3, -0.25) is 4.79 Å². The Balaban J connectivity index is 2.16. The highest BCUT2D eigenvalue weighted by Crippen LogP contribution is 2.23. The molecular weight excluding hydrogens is 491 g/mol. The van der Waals surface area contributed by atoms with Crippen LogP contribution in [0.4, 0.5) is 5.69 Å². The first-order valence-electron chi connectivity index (χ1n) is 8.09. The number of ether oxygens (including phenoxy) is 2. The molecule has 0 saturated carbocycles. The van der Waals surface area contributed by atoms with Crippen LogP contribution in [0.3, 0.4) is 0 Å². The minimum absolute atomic E-state index is 0.0161. The first kappa shape index (κ1) is 21.9. The van der Waals surface area contributed by atoms with Gasteiger partial charge >= 0.3 is 11.9 Å². The lowest BCUT2D eigenvalue weighted by atomic mass is 10.1. The lowest BCUT2D eigenvalue weighted by Crippen LogP contribution is -2.14. The highest BCUT2D eigenvalue weighted by molar-refractivity contribution is 14.1. The Kier molecular flexibility index (Phi) is 7.73. The number of carboxylic acid groups (broad SMARTS) is 1. The molecule has 29 heavy (non-hydrogen) atoms. The van der Waals surface area contributed by atoms with E-state index in [1.807, 2.05) is 28.7 Å². The summed E-state index contributed by atoms with van der Waals surface area (Å²) in [6, 6.07) is 12.5. The molecule has 0 aliphatic rings. The van der Waals surface area contributed by atoms with Gasteiger partial charge in [0, 0.05) is 5.69 Å². The van der Waals surface area contributed by atoms with E-state index in [9.17, 15) is 19.6 Å². The van der Waals surface area contributed by atoms with Crippen LogP contribution in [0.2, 0.25) is 0 Å². The van der Waals surface area contributed by atoms with Gasteiger partial charge in [0.1, 0.15) is 17.4 Å². The number of aromatic carboxylic acids is 1. The van der Waals surface area contributed by atoms with Crippen molar-refractivity contribution in [2.75, 3.05) is 19.0 Å². The third-order valence-corrected chi connectivity index (χ3v) is 4.42. The fraction of sp³-hybridized carbons (Fsp3) is 0.100. The van der Waals surface area contributed by atoms with Gasteiger partial charge in [0.25, 0.3) is 5.91 Å². The van der Waals surface area contributed by atoms with Gasteiger partial charge in [-0.15, -0.1) is 0 Å². The molecule has 9 heteroatoms. The number of hydrogen-bond acceptors (Lipinski definition) is 6. The lowest BCUT2D eigenvalue weighted by Gasteiger charge is -2.08. The molecule has 0 aliphatic heterocycles. The average Bonchev–Trinajstić information content (AvgIpc) is 2.71. The summed E-state index contributed by atoms with van der Waals surface area (Å²) in [5.41, 5.74) is 0.690. The highest BCUT2D eigenvalue weighted by Gasteiger charge is 2.12. The number of halogens is 1. The van der Waals surface area contributed by atoms with E-state index in [2.05, 4.69) is 10.1 Å². The third kappa shape index (κ3) is 6.32. The molecule has 0 spiro atoms. The molecule has 2 aromatic carbocycles. The number of hydrogen-bond donors (Lipinski definition) is 2. The quantitative estimate of drug-likeness (QED) is 0.256. The summed E-state index contributed by atoms with van der Waals surface area (Å²) in [7, 11) is 1.26. The summed E-state index contributed by atoms with van der Waals surface area (Å²) in [5, 5.41) is 20.8. The van der Waals surface area contributed by atoms with Crippen molar-refractivity contribution in [1.82, 2.24) is 0 Å². The first-order valence-corrected chi connectivity index (χ1v) is 9.17. The molecule has 8 nitrogen and oxygen atoms in total. The largest absolute Gasteiger partial charge is 0.481 e. The normalized spacial score (nSPS) is 10.6. The molecule has 0 aliphatic carbocycles. The molecule has 0 bridgehead atoms. The minimum atomic E-state index is -1.12. The van der Waals surface area contributed by atoms with Crippen LogP contribution in [0.25, 0.3) is 6.08 Å². The van der Waals surface area contributed by atoms with E-state index >= 15 is 0 Å². The highest BCUT2D eigenvalue weighted by atomic mass is 127. The van der Waals surface area contributed by atoms with Crippen LogP contribution >= 0.6 is 22.6 Å². The van der Waals surface area contributed by atoms with E-state index in [1.165, 1.54) is 37.5 Å². The molecule has 0 unspecified atom stereocenters. The standard InChI is InChI=1S/C20H15IN2O6/c1-28-18(24)11-29-17-6-5-12(8-16(17)21)7-14(10-22)19(25)23-15-4-2-3-13(9-15)20(26)27/h2-9H,11H2,1H3,(H,23,25)(H,26,27)/b14-7-. The predicted molar refractivity (Wildman–Crippen MR) is 112 cm³/mol. The first-order chi connectivity index (χ1) is 13.8. The number of esters is 1. The SMILES string of the molecule is COC(=O)COc1ccc(/C=C(/C#N)C(=O)Nc2cccc(C(=O)O)c2)cc1I. The van der Waals surface area contributed by atoms with Crippen molar-refractivity contribution >= 4 is 52.2 Å². The number of nitrogens with zero attached hydrogens (tertiary/aromatic N) is 1. The minimum Gasteiger partial charge on any atom is -0.481 e. The Bertz CT molecular complexity index is 1030. The molecular formula is C20H15IN2O6. The maximum Gasteiger partial charge on any atom is 0.343 e. The van der Waals surface area contributed by atoms with Gasteiger partial charge < -0.3 is 19.9 Å². The van der Waals surface area contributed by atoms with Crippen LogP contribution in [0, 0.1) is 14.9 Å². The van der Waals surface area contributed by atoms with Crippen LogP contribution in [0.15, 0.2) is 48.0 Å². The number of carbonyl (C=O) groups is 3. The second-order valence-electron chi connectivity index (χ2n) is 5.56. The van der Waals surface area contributed by atoms with E-state index in [1.54, 1.807) is 18.2 Å². The summed E-state index contributed by atoms with van der Waals surface area (Å²) < 4.78 is 10.5. The van der Waals surface area contributed by atoms with Crippen molar-refractivity contribution in [3.05, 3.63) is 62.7 Å². The number of amides is 1. The lowest BCUT2D eigenvalue weighted by molar-refractivity contribution is -0.142. The van der Waals surface area contributed by atoms with Crippen molar-refractivity contribution < 1.29 is 29.0 Å². The Hall–Kier alpha value is -3.39. The summed E-state index contributed by atoms with van der Waals surface area (Å²) in [6.07, 6.45) is 1.39. The number of methoxy groups -OCH3 is 1. The number of nitrogens with one attached hydrogen (secondary N) is 1. The molecule has 2 rings (SSSR count). The van der Waals surface area contributed by atoms with Crippen LogP contribution in [0.1, 0.15) is 15.9 Å². The Morgan fingerprint density at radius 1 is 1.24 bits per heavy atom. The van der Waals surface area contributed by atoms with Gasteiger partial charge in [-0.2, -0.15) is 5.26 Å². The number of rotatable bonds is 7. The molecule has 148 valence electrons. The zero-order chi connectivity index (χ0) is 21.4. The summed E-state index contributed by atoms with van der Waals surface area (Å²) in [6.45, 7) is -0.233. The summed E-state index contributed by atoms with van der Waals surface area (Å²) in [5.74, 6) is -1.85. The fourth-order valence-electron chi connectivity index (χ4n) is 2.16. The monoisotopic (exact) mass is 506 g/mol. The molecule has 0 aromatic heterocycles. The zero-order valence-electron chi connectivity index (χ0n) is 15.1. The van der Waals surface area contributed by atoms with Crippen molar-refractivity contribution in [2.24, 2.45) is 0 Å². The number of carbonyl (C=O) groups excluding carboxylic acids is 2. The van der Waals surface area contributed by atoms with E-state index < -0.39 is 17.8 Å². The summed E-state index contributed by atoms with van der Waals surface area (Å²) >= 11 is 2.00. The van der Waals surface area contributed by atoms with Gasteiger partial charge in [-0.1, -0.05) is 12.1 Å². The van der Waals surface area contributed by atoms with E-state index in [0.29, 0.717) is 14.9 Å². The van der Waals surface area contributed by atoms with Gasteiger partial charge in [0.15, 0.2) is 6.61 Å². The van der Waals surface area contributed by atoms with Crippen molar-refractivity contribution in [3.8, 4) is 11.8 Å². The van der Waals surface area contributed by atoms with E-state index in [4.69, 9.17) is 9.84 Å². The topological polar surface area (TPSA) is 126 Å². The second kappa shape index (κ2) is 10.2. The number of nitriles is 1. The molecule has 0 heterocycles. The maximum atomic E-state index is 12.4. The van der Waals surface area contributed by atoms with Crippen LogP contribution in [-0.2, 0) is 14.3 Å². The average molecular weight is 506 g/mol. The number of anilines is 1. The molecule has 0 saturated heterocycles. The molecule has 2 aromatic rings. The molecule has 0 atom stereocenters. The van der Waals surface area contributed by atoms with Gasteiger partial charge in [0.05, 0.1) is 16.2 Å². The van der Waals surface area contributed by atoms with Gasteiger partial charge in [0.2, 0.25) is 0 Å². The summed E-state index contributed by atoms with van der Waals surface area (Å²) in [4.78, 5) is 34.5. The Morgan fingerprint density at radius 2 is 2.00 bits per heavy atom. The van der Waals surface area contributed by atoms with Crippen molar-refractivity contribution in [2.45, 2.75) is 0 Å². The van der Waals surface area contributed by atoms with Crippen molar-refractivity contribution in [1.29, 1.82) is 5.26 Å². The van der Waals surface area contributed by atoms with E-state index in [-0.39, 0.29) is 23.4 Å². The van der Waals surface area contributed by atoms with E-state index in [0.717, 1.165) is 0 Å². The van der Waals surface area contributed by atoms with Crippen LogP contribution < -0.4 is 10.1 Å². The zero-order valence-corrected chi connectivity index (χ0v) is 17.3. The smallest absolute Gasteiger partial charge is 0.343 e. The molecule has 0 fully saturated rings. The fourth-order valence-corrected chi connectivity index (χ4v) is 2.86. The predicted octanol–water partition coefficient (Wildman–Crippen LogP) is 3.09. The van der Waals surface area contributed by atoms with Crippen LogP contribution in [0.5, 0.6) is 5.75 Å². The Labute approximate surface area is 179 Å². The Morgan fingerprint density at radius 3 is 2.62 bits per heavy atom. The van der Waals surface area contributed by atoms with Crippen molar-refractivity contribution in [3.63, 3.8) is 0 Å². The molecule has 1 amide bonds. The second-order valence-corrected chi connectivity index (χ2v) is 6.73. The van der Waals surface area contributed by atoms with Gasteiger partial charge in [-0.05, 0) is 64.6 Å².